The summed E-state index contributed by atoms with van der Waals surface area (Å²) >= 11 is 2.24. The number of nitrogens with zero attached hydrogens (tertiary/aromatic N) is 2. The van der Waals surface area contributed by atoms with Gasteiger partial charge in [0, 0.05) is 4.88 Å². The molecule has 6 nitrogen and oxygen atoms in total. The molecular formula is C9H12N4O2S3. The van der Waals surface area contributed by atoms with Crippen molar-refractivity contribution in [1.82, 2.24) is 9.97 Å². The van der Waals surface area contributed by atoms with Crippen molar-refractivity contribution >= 4 is 43.0 Å². The monoisotopic (exact) mass is 304 g/mol. The Hall–Kier alpha value is -1.19. The summed E-state index contributed by atoms with van der Waals surface area (Å²) in [6, 6.07) is 0. The standard InChI is InChI=1S/C9H12N4O2S3/c1-4-6(3)16-9(12-4)13-18(14,15)7-5(2)11-8(10)17-7/h1-3H3,(H2,10,11)(H,12,13). The maximum absolute atomic E-state index is 12.1. The van der Waals surface area contributed by atoms with Gasteiger partial charge in [-0.1, -0.05) is 11.3 Å². The van der Waals surface area contributed by atoms with E-state index in [9.17, 15) is 8.42 Å². The number of thiazole rings is 2. The third-order valence-corrected chi connectivity index (χ3v) is 6.32. The molecule has 0 saturated heterocycles. The average molecular weight is 304 g/mol. The molecule has 0 aliphatic carbocycles. The number of aromatic nitrogens is 2. The number of nitrogens with two attached hydrogens (primary N) is 1. The fourth-order valence-corrected chi connectivity index (χ4v) is 4.68. The number of rotatable bonds is 3. The van der Waals surface area contributed by atoms with Gasteiger partial charge in [-0.2, -0.15) is 0 Å². The van der Waals surface area contributed by atoms with Gasteiger partial charge in [0.05, 0.1) is 11.4 Å². The second kappa shape index (κ2) is 4.48. The van der Waals surface area contributed by atoms with Crippen molar-refractivity contribution in [3.63, 3.8) is 0 Å². The topological polar surface area (TPSA) is 98.0 Å². The van der Waals surface area contributed by atoms with E-state index in [1.165, 1.54) is 11.3 Å². The smallest absolute Gasteiger partial charge is 0.275 e. The first kappa shape index (κ1) is 13.2. The van der Waals surface area contributed by atoms with Gasteiger partial charge in [0.15, 0.2) is 14.5 Å². The second-order valence-corrected chi connectivity index (χ2v) is 7.80. The van der Waals surface area contributed by atoms with Crippen molar-refractivity contribution in [2.45, 2.75) is 25.0 Å². The highest BCUT2D eigenvalue weighted by Crippen LogP contribution is 2.29. The van der Waals surface area contributed by atoms with E-state index in [2.05, 4.69) is 14.7 Å². The fourth-order valence-electron chi connectivity index (χ4n) is 1.33. The van der Waals surface area contributed by atoms with Gasteiger partial charge in [-0.15, -0.1) is 11.3 Å². The first-order valence-corrected chi connectivity index (χ1v) is 8.11. The van der Waals surface area contributed by atoms with Gasteiger partial charge in [0.2, 0.25) is 0 Å². The van der Waals surface area contributed by atoms with Gasteiger partial charge in [0.1, 0.15) is 0 Å². The van der Waals surface area contributed by atoms with Gasteiger partial charge >= 0.3 is 0 Å². The number of anilines is 2. The summed E-state index contributed by atoms with van der Waals surface area (Å²) in [5, 5.41) is 0.593. The van der Waals surface area contributed by atoms with Crippen LogP contribution in [0.5, 0.6) is 0 Å². The van der Waals surface area contributed by atoms with Crippen LogP contribution in [0.15, 0.2) is 4.21 Å². The lowest BCUT2D eigenvalue weighted by molar-refractivity contribution is 0.602. The Morgan fingerprint density at radius 2 is 1.78 bits per heavy atom. The van der Waals surface area contributed by atoms with Crippen molar-refractivity contribution in [2.24, 2.45) is 0 Å². The van der Waals surface area contributed by atoms with E-state index in [4.69, 9.17) is 5.73 Å². The molecule has 0 aromatic carbocycles. The molecule has 0 aliphatic heterocycles. The molecule has 2 rings (SSSR count). The molecule has 98 valence electrons. The SMILES string of the molecule is Cc1nc(NS(=O)(=O)c2sc(N)nc2C)sc1C. The molecule has 0 spiro atoms. The summed E-state index contributed by atoms with van der Waals surface area (Å²) < 4.78 is 26.8. The molecule has 0 radical (unpaired) electrons. The molecule has 0 aliphatic rings. The van der Waals surface area contributed by atoms with Crippen LogP contribution in [0.3, 0.4) is 0 Å². The average Bonchev–Trinajstić information content (AvgIpc) is 2.70. The van der Waals surface area contributed by atoms with Crippen LogP contribution in [0.25, 0.3) is 0 Å². The quantitative estimate of drug-likeness (QED) is 0.902. The first-order valence-electron chi connectivity index (χ1n) is 4.99. The summed E-state index contributed by atoms with van der Waals surface area (Å²) in [5.41, 5.74) is 6.72. The molecule has 0 saturated carbocycles. The normalized spacial score (nSPS) is 11.7. The zero-order valence-corrected chi connectivity index (χ0v) is 12.5. The van der Waals surface area contributed by atoms with Gasteiger partial charge < -0.3 is 5.73 Å². The lowest BCUT2D eigenvalue weighted by Gasteiger charge is -2.02. The molecule has 0 amide bonds. The molecule has 2 aromatic heterocycles. The van der Waals surface area contributed by atoms with Crippen molar-refractivity contribution < 1.29 is 8.42 Å². The summed E-state index contributed by atoms with van der Waals surface area (Å²) in [7, 11) is -3.65. The molecule has 2 aromatic rings. The van der Waals surface area contributed by atoms with Gasteiger partial charge in [0.25, 0.3) is 10.0 Å². The molecule has 0 bridgehead atoms. The number of nitrogens with one attached hydrogen (secondary N) is 1. The largest absolute Gasteiger partial charge is 0.375 e. The number of aryl methyl sites for hydroxylation is 3. The maximum atomic E-state index is 12.1. The van der Waals surface area contributed by atoms with Crippen LogP contribution in [0.4, 0.5) is 10.3 Å². The number of hydrogen-bond acceptors (Lipinski definition) is 7. The van der Waals surface area contributed by atoms with Crippen LogP contribution in [0.1, 0.15) is 16.3 Å². The second-order valence-electron chi connectivity index (χ2n) is 3.69. The van der Waals surface area contributed by atoms with Crippen molar-refractivity contribution in [1.29, 1.82) is 0 Å². The molecule has 18 heavy (non-hydrogen) atoms. The predicted octanol–water partition coefficient (Wildman–Crippen LogP) is 1.91. The van der Waals surface area contributed by atoms with E-state index in [1.54, 1.807) is 6.92 Å². The van der Waals surface area contributed by atoms with Crippen LogP contribution in [0.2, 0.25) is 0 Å². The van der Waals surface area contributed by atoms with Gasteiger partial charge in [-0.05, 0) is 20.8 Å². The van der Waals surface area contributed by atoms with Gasteiger partial charge in [-0.25, -0.2) is 18.4 Å². The third-order valence-electron chi connectivity index (χ3n) is 2.26. The highest BCUT2D eigenvalue weighted by molar-refractivity contribution is 7.95. The Balaban J connectivity index is 2.35. The maximum Gasteiger partial charge on any atom is 0.275 e. The van der Waals surface area contributed by atoms with E-state index in [0.29, 0.717) is 10.8 Å². The summed E-state index contributed by atoms with van der Waals surface area (Å²) in [6.45, 7) is 5.33. The minimum Gasteiger partial charge on any atom is -0.375 e. The van der Waals surface area contributed by atoms with E-state index in [1.807, 2.05) is 13.8 Å². The predicted molar refractivity (Wildman–Crippen MR) is 73.7 cm³/mol. The minimum atomic E-state index is -3.65. The number of sulfonamides is 1. The molecule has 0 fully saturated rings. The lowest BCUT2D eigenvalue weighted by Crippen LogP contribution is -2.12. The molecule has 9 heteroatoms. The van der Waals surface area contributed by atoms with Crippen LogP contribution < -0.4 is 10.5 Å². The molecule has 0 unspecified atom stereocenters. The summed E-state index contributed by atoms with van der Waals surface area (Å²) in [5.74, 6) is 0. The van der Waals surface area contributed by atoms with E-state index < -0.39 is 10.0 Å². The van der Waals surface area contributed by atoms with Crippen molar-refractivity contribution in [3.8, 4) is 0 Å². The zero-order valence-electron chi connectivity index (χ0n) is 10.0. The van der Waals surface area contributed by atoms with Crippen LogP contribution in [-0.4, -0.2) is 18.4 Å². The molecule has 3 N–H and O–H groups in total. The fraction of sp³-hybridized carbons (Fsp3) is 0.333. The van der Waals surface area contributed by atoms with E-state index in [-0.39, 0.29) is 9.34 Å². The number of hydrogen-bond donors (Lipinski definition) is 2. The minimum absolute atomic E-state index is 0.130. The Labute approximate surface area is 113 Å². The first-order chi connectivity index (χ1) is 8.29. The highest BCUT2D eigenvalue weighted by atomic mass is 32.2. The Morgan fingerprint density at radius 1 is 1.11 bits per heavy atom. The Kier molecular flexibility index (Phi) is 3.30. The zero-order chi connectivity index (χ0) is 13.5. The Morgan fingerprint density at radius 3 is 2.22 bits per heavy atom. The summed E-state index contributed by atoms with van der Waals surface area (Å²) in [4.78, 5) is 9.02. The molecular weight excluding hydrogens is 292 g/mol. The van der Waals surface area contributed by atoms with Gasteiger partial charge in [-0.3, -0.25) is 4.72 Å². The molecule has 2 heterocycles. The Bertz CT molecular complexity index is 667. The van der Waals surface area contributed by atoms with E-state index >= 15 is 0 Å². The highest BCUT2D eigenvalue weighted by Gasteiger charge is 2.22. The summed E-state index contributed by atoms with van der Waals surface area (Å²) in [6.07, 6.45) is 0. The van der Waals surface area contributed by atoms with Crippen LogP contribution in [0, 0.1) is 20.8 Å². The van der Waals surface area contributed by atoms with Crippen LogP contribution in [-0.2, 0) is 10.0 Å². The van der Waals surface area contributed by atoms with E-state index in [0.717, 1.165) is 21.9 Å². The third kappa shape index (κ3) is 2.47. The van der Waals surface area contributed by atoms with Crippen LogP contribution >= 0.6 is 22.7 Å². The van der Waals surface area contributed by atoms with Crippen molar-refractivity contribution in [2.75, 3.05) is 10.5 Å². The van der Waals surface area contributed by atoms with Crippen molar-refractivity contribution in [3.05, 3.63) is 16.3 Å². The molecule has 0 atom stereocenters. The lowest BCUT2D eigenvalue weighted by atomic mass is 10.4. The number of nitrogen functional groups attached to an aromatic ring is 1.